The maximum absolute atomic E-state index is 12.1. The van der Waals surface area contributed by atoms with Gasteiger partial charge in [-0.1, -0.05) is 11.8 Å². The molecule has 104 valence electrons. The minimum Gasteiger partial charge on any atom is -0.312 e. The van der Waals surface area contributed by atoms with Crippen LogP contribution in [0.3, 0.4) is 0 Å². The van der Waals surface area contributed by atoms with Gasteiger partial charge in [-0.05, 0) is 24.1 Å². The second-order valence-corrected chi connectivity index (χ2v) is 6.22. The second kappa shape index (κ2) is 5.28. The third-order valence-corrected chi connectivity index (χ3v) is 4.51. The lowest BCUT2D eigenvalue weighted by Crippen LogP contribution is -2.24. The maximum atomic E-state index is 12.1. The Hall–Kier alpha value is -1.82. The molecule has 1 atom stereocenters. The number of benzene rings is 1. The molecule has 1 aliphatic rings. The molecule has 20 heavy (non-hydrogen) atoms. The number of thioether (sulfide) groups is 1. The summed E-state index contributed by atoms with van der Waals surface area (Å²) in [6.45, 7) is 2.24. The minimum atomic E-state index is 0.106. The van der Waals surface area contributed by atoms with Crippen molar-refractivity contribution in [1.29, 1.82) is 0 Å². The fraction of sp³-hybridized carbons (Fsp3) is 0.357. The van der Waals surface area contributed by atoms with Gasteiger partial charge in [0.2, 0.25) is 5.91 Å². The van der Waals surface area contributed by atoms with Crippen molar-refractivity contribution < 1.29 is 9.59 Å². The Morgan fingerprint density at radius 2 is 2.40 bits per heavy atom. The first kappa shape index (κ1) is 13.2. The number of hydrogen-bond acceptors (Lipinski definition) is 4. The third kappa shape index (κ3) is 2.56. The van der Waals surface area contributed by atoms with Crippen molar-refractivity contribution in [1.82, 2.24) is 10.2 Å². The van der Waals surface area contributed by atoms with E-state index in [0.29, 0.717) is 18.7 Å². The largest absolute Gasteiger partial charge is 0.312 e. The van der Waals surface area contributed by atoms with E-state index in [-0.39, 0.29) is 16.9 Å². The number of aromatic amines is 1. The number of fused-ring (bicyclic) bond motifs is 1. The molecule has 0 bridgehead atoms. The van der Waals surface area contributed by atoms with E-state index in [1.165, 1.54) is 11.8 Å². The van der Waals surface area contributed by atoms with Crippen LogP contribution in [0.5, 0.6) is 0 Å². The molecule has 0 spiro atoms. The predicted octanol–water partition coefficient (Wildman–Crippen LogP) is 2.20. The highest BCUT2D eigenvalue weighted by Crippen LogP contribution is 2.29. The van der Waals surface area contributed by atoms with Crippen molar-refractivity contribution in [3.63, 3.8) is 0 Å². The normalized spacial score (nSPS) is 18.9. The number of nitrogens with one attached hydrogen (secondary N) is 1. The molecule has 6 heteroatoms. The molecule has 1 aliphatic heterocycles. The molecular weight excluding hydrogens is 274 g/mol. The summed E-state index contributed by atoms with van der Waals surface area (Å²) in [7, 11) is 0. The number of rotatable bonds is 3. The van der Waals surface area contributed by atoms with E-state index in [9.17, 15) is 9.59 Å². The van der Waals surface area contributed by atoms with Gasteiger partial charge >= 0.3 is 0 Å². The first-order valence-electron chi connectivity index (χ1n) is 6.50. The van der Waals surface area contributed by atoms with E-state index in [1.807, 2.05) is 18.2 Å². The Labute approximate surface area is 120 Å². The Bertz CT molecular complexity index is 667. The van der Waals surface area contributed by atoms with Crippen LogP contribution in [0.25, 0.3) is 10.9 Å². The standard InChI is InChI=1S/C14H15N3O2S/c1-9(18)20-8-10-4-14(19)17(7-10)12-3-2-11-6-15-16-13(11)5-12/h2-3,5-6,10H,4,7-8H2,1H3,(H,15,16). The highest BCUT2D eigenvalue weighted by atomic mass is 32.2. The van der Waals surface area contributed by atoms with E-state index in [1.54, 1.807) is 18.0 Å². The van der Waals surface area contributed by atoms with Gasteiger partial charge < -0.3 is 4.90 Å². The SMILES string of the molecule is CC(=O)SCC1CC(=O)N(c2ccc3cn[nH]c3c2)C1. The van der Waals surface area contributed by atoms with Gasteiger partial charge in [0.1, 0.15) is 0 Å². The van der Waals surface area contributed by atoms with Gasteiger partial charge in [0.05, 0.1) is 11.7 Å². The fourth-order valence-corrected chi connectivity index (χ4v) is 3.16. The summed E-state index contributed by atoms with van der Waals surface area (Å²) in [4.78, 5) is 24.9. The lowest BCUT2D eigenvalue weighted by molar-refractivity contribution is -0.117. The molecular formula is C14H15N3O2S. The number of H-pyrrole nitrogens is 1. The molecule has 0 aliphatic carbocycles. The van der Waals surface area contributed by atoms with Crippen molar-refractivity contribution in [3.05, 3.63) is 24.4 Å². The van der Waals surface area contributed by atoms with Gasteiger partial charge in [0.15, 0.2) is 5.12 Å². The molecule has 1 saturated heterocycles. The van der Waals surface area contributed by atoms with Crippen molar-refractivity contribution in [2.24, 2.45) is 5.92 Å². The molecule has 1 amide bonds. The van der Waals surface area contributed by atoms with Crippen LogP contribution in [0.2, 0.25) is 0 Å². The molecule has 1 fully saturated rings. The smallest absolute Gasteiger partial charge is 0.227 e. The zero-order valence-corrected chi connectivity index (χ0v) is 11.9. The van der Waals surface area contributed by atoms with Gasteiger partial charge in [0, 0.05) is 36.7 Å². The van der Waals surface area contributed by atoms with Gasteiger partial charge in [0.25, 0.3) is 0 Å². The van der Waals surface area contributed by atoms with Crippen LogP contribution in [0.15, 0.2) is 24.4 Å². The van der Waals surface area contributed by atoms with Crippen molar-refractivity contribution in [2.75, 3.05) is 17.2 Å². The first-order chi connectivity index (χ1) is 9.63. The number of hydrogen-bond donors (Lipinski definition) is 1. The van der Waals surface area contributed by atoms with E-state index < -0.39 is 0 Å². The molecule has 5 nitrogen and oxygen atoms in total. The zero-order valence-electron chi connectivity index (χ0n) is 11.1. The molecule has 0 radical (unpaired) electrons. The average Bonchev–Trinajstić information content (AvgIpc) is 3.01. The Morgan fingerprint density at radius 1 is 1.55 bits per heavy atom. The summed E-state index contributed by atoms with van der Waals surface area (Å²) < 4.78 is 0. The summed E-state index contributed by atoms with van der Waals surface area (Å²) >= 11 is 1.30. The van der Waals surface area contributed by atoms with Crippen molar-refractivity contribution in [2.45, 2.75) is 13.3 Å². The molecule has 1 N–H and O–H groups in total. The lowest BCUT2D eigenvalue weighted by atomic mass is 10.1. The van der Waals surface area contributed by atoms with E-state index >= 15 is 0 Å². The van der Waals surface area contributed by atoms with Gasteiger partial charge in [-0.15, -0.1) is 0 Å². The van der Waals surface area contributed by atoms with Crippen molar-refractivity contribution in [3.8, 4) is 0 Å². The molecule has 1 aromatic carbocycles. The number of anilines is 1. The Balaban J connectivity index is 1.76. The number of aromatic nitrogens is 2. The lowest BCUT2D eigenvalue weighted by Gasteiger charge is -2.16. The number of nitrogens with zero attached hydrogens (tertiary/aromatic N) is 2. The third-order valence-electron chi connectivity index (χ3n) is 3.46. The van der Waals surface area contributed by atoms with Crippen LogP contribution in [-0.4, -0.2) is 33.5 Å². The molecule has 1 aromatic heterocycles. The quantitative estimate of drug-likeness (QED) is 0.940. The second-order valence-electron chi connectivity index (χ2n) is 5.02. The van der Waals surface area contributed by atoms with Gasteiger partial charge in [-0.25, -0.2) is 0 Å². The Morgan fingerprint density at radius 3 is 3.20 bits per heavy atom. The van der Waals surface area contributed by atoms with Crippen LogP contribution in [0.4, 0.5) is 5.69 Å². The van der Waals surface area contributed by atoms with Crippen LogP contribution in [0, 0.1) is 5.92 Å². The summed E-state index contributed by atoms with van der Waals surface area (Å²) in [5, 5.41) is 8.03. The van der Waals surface area contributed by atoms with E-state index in [4.69, 9.17) is 0 Å². The number of amides is 1. The highest BCUT2D eigenvalue weighted by molar-refractivity contribution is 8.13. The van der Waals surface area contributed by atoms with Crippen LogP contribution >= 0.6 is 11.8 Å². The fourth-order valence-electron chi connectivity index (χ4n) is 2.47. The summed E-state index contributed by atoms with van der Waals surface area (Å²) in [6.07, 6.45) is 2.28. The molecule has 1 unspecified atom stereocenters. The maximum Gasteiger partial charge on any atom is 0.227 e. The summed E-state index contributed by atoms with van der Waals surface area (Å²) in [5.74, 6) is 1.08. The predicted molar refractivity (Wildman–Crippen MR) is 79.7 cm³/mol. The highest BCUT2D eigenvalue weighted by Gasteiger charge is 2.30. The number of carbonyl (C=O) groups is 2. The van der Waals surface area contributed by atoms with Crippen LogP contribution < -0.4 is 4.90 Å². The zero-order chi connectivity index (χ0) is 14.1. The molecule has 2 heterocycles. The topological polar surface area (TPSA) is 66.1 Å². The molecule has 3 rings (SSSR count). The van der Waals surface area contributed by atoms with Gasteiger partial charge in [-0.3, -0.25) is 14.7 Å². The van der Waals surface area contributed by atoms with Crippen LogP contribution in [-0.2, 0) is 9.59 Å². The average molecular weight is 289 g/mol. The first-order valence-corrected chi connectivity index (χ1v) is 7.49. The van der Waals surface area contributed by atoms with E-state index in [0.717, 1.165) is 16.6 Å². The van der Waals surface area contributed by atoms with Gasteiger partial charge in [-0.2, -0.15) is 5.10 Å². The van der Waals surface area contributed by atoms with Crippen molar-refractivity contribution >= 4 is 39.4 Å². The molecule has 2 aromatic rings. The monoisotopic (exact) mass is 289 g/mol. The Kier molecular flexibility index (Phi) is 3.48. The van der Waals surface area contributed by atoms with E-state index in [2.05, 4.69) is 10.2 Å². The number of carbonyl (C=O) groups excluding carboxylic acids is 2. The summed E-state index contributed by atoms with van der Waals surface area (Å²) in [5.41, 5.74) is 1.82. The van der Waals surface area contributed by atoms with Crippen LogP contribution in [0.1, 0.15) is 13.3 Å². The minimum absolute atomic E-state index is 0.106. The summed E-state index contributed by atoms with van der Waals surface area (Å²) in [6, 6.07) is 5.84. The molecule has 0 saturated carbocycles.